The van der Waals surface area contributed by atoms with E-state index in [4.69, 9.17) is 5.11 Å². The molecule has 1 atom stereocenters. The number of carboxylic acids is 1. The number of hydrogen-bond acceptors (Lipinski definition) is 3. The number of carboxylic acid groups (broad SMARTS) is 1. The molecule has 0 aromatic rings. The molecule has 0 aromatic heterocycles. The minimum absolute atomic E-state index is 0.0442. The van der Waals surface area contributed by atoms with Gasteiger partial charge in [-0.15, -0.1) is 0 Å². The zero-order chi connectivity index (χ0) is 10.7. The second kappa shape index (κ2) is 4.55. The second-order valence-corrected chi connectivity index (χ2v) is 4.04. The molecule has 0 bridgehead atoms. The minimum atomic E-state index is -1.01. The third-order valence-corrected chi connectivity index (χ3v) is 2.92. The first-order valence-electron chi connectivity index (χ1n) is 4.97. The second-order valence-electron chi connectivity index (χ2n) is 4.04. The molecule has 1 unspecified atom stereocenters. The molecule has 0 saturated carbocycles. The Morgan fingerprint density at radius 1 is 1.36 bits per heavy atom. The Morgan fingerprint density at radius 2 is 1.86 bits per heavy atom. The van der Waals surface area contributed by atoms with Crippen LogP contribution < -0.4 is 0 Å². The van der Waals surface area contributed by atoms with Crippen LogP contribution in [0.2, 0.25) is 0 Å². The fourth-order valence-corrected chi connectivity index (χ4v) is 1.77. The first-order chi connectivity index (χ1) is 6.52. The quantitative estimate of drug-likeness (QED) is 0.677. The monoisotopic (exact) mass is 199 g/mol. The topological polar surface area (TPSA) is 57.6 Å². The first-order valence-corrected chi connectivity index (χ1v) is 4.97. The maximum absolute atomic E-state index is 11.6. The molecule has 80 valence electrons. The van der Waals surface area contributed by atoms with Crippen molar-refractivity contribution >= 4 is 11.8 Å². The van der Waals surface area contributed by atoms with E-state index in [0.717, 1.165) is 25.9 Å². The largest absolute Gasteiger partial charge is 0.481 e. The van der Waals surface area contributed by atoms with Crippen molar-refractivity contribution in [2.24, 2.45) is 11.8 Å². The lowest BCUT2D eigenvalue weighted by Crippen LogP contribution is -2.37. The van der Waals surface area contributed by atoms with Crippen molar-refractivity contribution in [1.29, 1.82) is 0 Å². The molecule has 1 fully saturated rings. The van der Waals surface area contributed by atoms with Crippen molar-refractivity contribution in [3.8, 4) is 0 Å². The summed E-state index contributed by atoms with van der Waals surface area (Å²) in [6.45, 7) is 3.26. The zero-order valence-electron chi connectivity index (χ0n) is 8.69. The molecule has 1 N–H and O–H groups in total. The fourth-order valence-electron chi connectivity index (χ4n) is 1.77. The summed E-state index contributed by atoms with van der Waals surface area (Å²) in [5, 5.41) is 8.70. The van der Waals surface area contributed by atoms with Gasteiger partial charge in [0.1, 0.15) is 11.7 Å². The maximum atomic E-state index is 11.6. The first kappa shape index (κ1) is 11.2. The van der Waals surface area contributed by atoms with Gasteiger partial charge >= 0.3 is 5.97 Å². The summed E-state index contributed by atoms with van der Waals surface area (Å²) < 4.78 is 0. The highest BCUT2D eigenvalue weighted by Crippen LogP contribution is 2.20. The van der Waals surface area contributed by atoms with Gasteiger partial charge in [0.15, 0.2) is 0 Å². The van der Waals surface area contributed by atoms with Gasteiger partial charge in [0, 0.05) is 5.92 Å². The third-order valence-electron chi connectivity index (χ3n) is 2.92. The molecule has 14 heavy (non-hydrogen) atoms. The van der Waals surface area contributed by atoms with Crippen LogP contribution in [0.3, 0.4) is 0 Å². The average Bonchev–Trinajstić information content (AvgIpc) is 2.16. The highest BCUT2D eigenvalue weighted by atomic mass is 16.4. The number of carbonyl (C=O) groups is 2. The highest BCUT2D eigenvalue weighted by Gasteiger charge is 2.30. The van der Waals surface area contributed by atoms with E-state index in [1.807, 2.05) is 7.05 Å². The van der Waals surface area contributed by atoms with Gasteiger partial charge in [0.2, 0.25) is 0 Å². The Morgan fingerprint density at radius 3 is 2.29 bits per heavy atom. The van der Waals surface area contributed by atoms with Gasteiger partial charge in [-0.05, 0) is 39.9 Å². The van der Waals surface area contributed by atoms with Gasteiger partial charge in [-0.3, -0.25) is 9.59 Å². The van der Waals surface area contributed by atoms with Crippen molar-refractivity contribution in [3.63, 3.8) is 0 Å². The van der Waals surface area contributed by atoms with E-state index < -0.39 is 11.9 Å². The van der Waals surface area contributed by atoms with Crippen LogP contribution in [0.25, 0.3) is 0 Å². The smallest absolute Gasteiger partial charge is 0.313 e. The Balaban J connectivity index is 2.49. The average molecular weight is 199 g/mol. The highest BCUT2D eigenvalue weighted by molar-refractivity contribution is 5.99. The van der Waals surface area contributed by atoms with E-state index in [0.29, 0.717) is 0 Å². The molecule has 0 spiro atoms. The maximum Gasteiger partial charge on any atom is 0.313 e. The summed E-state index contributed by atoms with van der Waals surface area (Å²) in [6.07, 6.45) is 1.60. The van der Waals surface area contributed by atoms with Crippen molar-refractivity contribution in [2.75, 3.05) is 20.1 Å². The molecular weight excluding hydrogens is 182 g/mol. The van der Waals surface area contributed by atoms with Crippen LogP contribution in [0.5, 0.6) is 0 Å². The van der Waals surface area contributed by atoms with Crippen molar-refractivity contribution in [3.05, 3.63) is 0 Å². The van der Waals surface area contributed by atoms with Crippen LogP contribution in [0, 0.1) is 11.8 Å². The minimum Gasteiger partial charge on any atom is -0.481 e. The predicted octanol–water partition coefficient (Wildman–Crippen LogP) is 0.618. The standard InChI is InChI=1S/C10H17NO3/c1-7(10(13)14)9(12)8-3-5-11(2)6-4-8/h7-8H,3-6H2,1-2H3,(H,13,14). The number of aliphatic carboxylic acids is 1. The number of Topliss-reactive ketones (excluding diaryl/α,β-unsaturated/α-hetero) is 1. The number of nitrogens with zero attached hydrogens (tertiary/aromatic N) is 1. The number of carbonyl (C=O) groups excluding carboxylic acids is 1. The fraction of sp³-hybridized carbons (Fsp3) is 0.800. The Bertz CT molecular complexity index is 232. The van der Waals surface area contributed by atoms with Crippen LogP contribution in [-0.2, 0) is 9.59 Å². The lowest BCUT2D eigenvalue weighted by atomic mass is 9.87. The molecule has 0 amide bonds. The number of piperidine rings is 1. The Kier molecular flexibility index (Phi) is 3.63. The summed E-state index contributed by atoms with van der Waals surface area (Å²) in [5.41, 5.74) is 0. The molecule has 4 nitrogen and oxygen atoms in total. The summed E-state index contributed by atoms with van der Waals surface area (Å²) in [6, 6.07) is 0. The van der Waals surface area contributed by atoms with Gasteiger partial charge in [-0.1, -0.05) is 0 Å². The van der Waals surface area contributed by atoms with E-state index in [1.165, 1.54) is 6.92 Å². The SMILES string of the molecule is CC(C(=O)O)C(=O)C1CCN(C)CC1. The normalized spacial score (nSPS) is 21.9. The Hall–Kier alpha value is -0.900. The van der Waals surface area contributed by atoms with E-state index in [1.54, 1.807) is 0 Å². The van der Waals surface area contributed by atoms with Crippen LogP contribution in [0.1, 0.15) is 19.8 Å². The molecule has 1 aliphatic heterocycles. The summed E-state index contributed by atoms with van der Waals surface area (Å²) in [5.74, 6) is -2.00. The van der Waals surface area contributed by atoms with Crippen molar-refractivity contribution < 1.29 is 14.7 Å². The zero-order valence-corrected chi connectivity index (χ0v) is 8.69. The predicted molar refractivity (Wildman–Crippen MR) is 52.0 cm³/mol. The molecule has 0 aromatic carbocycles. The molecule has 0 radical (unpaired) electrons. The lowest BCUT2D eigenvalue weighted by molar-refractivity contribution is -0.147. The number of ketones is 1. The van der Waals surface area contributed by atoms with E-state index in [9.17, 15) is 9.59 Å². The third kappa shape index (κ3) is 2.54. The number of hydrogen-bond donors (Lipinski definition) is 1. The van der Waals surface area contributed by atoms with Crippen LogP contribution in [0.4, 0.5) is 0 Å². The van der Waals surface area contributed by atoms with Gasteiger partial charge in [-0.25, -0.2) is 0 Å². The van der Waals surface area contributed by atoms with Gasteiger partial charge in [-0.2, -0.15) is 0 Å². The van der Waals surface area contributed by atoms with Gasteiger partial charge < -0.3 is 10.0 Å². The lowest BCUT2D eigenvalue weighted by Gasteiger charge is -2.28. The van der Waals surface area contributed by atoms with Crippen molar-refractivity contribution in [2.45, 2.75) is 19.8 Å². The van der Waals surface area contributed by atoms with Gasteiger partial charge in [0.25, 0.3) is 0 Å². The molecule has 0 aliphatic carbocycles. The number of likely N-dealkylation sites (tertiary alicyclic amines) is 1. The molecule has 1 rings (SSSR count). The molecule has 1 heterocycles. The Labute approximate surface area is 83.9 Å². The summed E-state index contributed by atoms with van der Waals surface area (Å²) in [7, 11) is 2.02. The van der Waals surface area contributed by atoms with Crippen LogP contribution in [0.15, 0.2) is 0 Å². The van der Waals surface area contributed by atoms with Crippen LogP contribution >= 0.6 is 0 Å². The number of rotatable bonds is 3. The van der Waals surface area contributed by atoms with E-state index in [-0.39, 0.29) is 11.7 Å². The van der Waals surface area contributed by atoms with Crippen molar-refractivity contribution in [1.82, 2.24) is 4.90 Å². The van der Waals surface area contributed by atoms with E-state index >= 15 is 0 Å². The summed E-state index contributed by atoms with van der Waals surface area (Å²) in [4.78, 5) is 24.4. The molecular formula is C10H17NO3. The van der Waals surface area contributed by atoms with E-state index in [2.05, 4.69) is 4.90 Å². The summed E-state index contributed by atoms with van der Waals surface area (Å²) >= 11 is 0. The van der Waals surface area contributed by atoms with Crippen LogP contribution in [-0.4, -0.2) is 41.9 Å². The molecule has 4 heteroatoms. The molecule has 1 saturated heterocycles. The van der Waals surface area contributed by atoms with Gasteiger partial charge in [0.05, 0.1) is 0 Å². The molecule has 1 aliphatic rings.